The third-order valence-corrected chi connectivity index (χ3v) is 24.4. The fourth-order valence-electron chi connectivity index (χ4n) is 13.3. The van der Waals surface area contributed by atoms with Gasteiger partial charge in [-0.05, 0) is 138 Å². The third kappa shape index (κ3) is 32.9. The van der Waals surface area contributed by atoms with E-state index in [0.29, 0.717) is 53.7 Å². The SMILES string of the molecule is Cl.ClCCl.FC(F)(F)c1ccc(-c2ccc(Cn3cnnc3CCl)cc2)cc1.FC(F)(F)c1ccc(-c2ccc(Cn3cnnc3CSCc3ccccc3)cc2)cc1.O=S(=O)(Cc1ccccc1)Cc1nnc(CO)n1Cc1ccc(-c2ccc(C(F)(F)F)cc2)cc1.OCc1nnc(CSCc2ccccc2)n1Cc1ccc(-c2ccc(C(F)(F)F)cc2)cc1.SCc1ccccc1.[2HH].[2HH].[2H][2H].[2H][2H].[2H][2H].[2H][2H].[2H][2H].[2H][2H].[2H][2H].[2H][2H].[2H][2H].[2H][2H].[2H][2H].[2H][2H].[2H][2H].[2H][2H].[2H][2H].[2H][2H].[2H][2H].[2H][2H].[2H][2H].[2H][2H].[2H][2H].[2H][2H].[2H][2H].[2H][2H].[2H][2H].[2H][2H].[2H][2H].[2H][2H].[2H][2H].[2H][2H].[2H][2H].[2H][2H].[2H][2H].[2H][2H].[2H][2H].[2H][2H].[2H][2H].[2H][2H].[2H][2H].[2H][2H].[2H][2H].[2H][2H].[2H][2H].[2H][2H].[2H][2H].[2H][2H].[2H][2H].[2H][2H].[2H][2H].[2H][2H].[2H][2H].[2H][2H].[2H][2H].[2H][2H].[2H][2H].[2H][2H].[2H][2H].[2H][2H].[2H][2H].[2H][2H].[2H][2H].[2H][2H].[2H][2H].[2H][2H]. The second-order valence-electron chi connectivity index (χ2n) is 29.7. The van der Waals surface area contributed by atoms with Gasteiger partial charge < -0.3 is 28.5 Å². The summed E-state index contributed by atoms with van der Waals surface area (Å²) in [6, 6.07) is 90.0. The second-order valence-corrected chi connectivity index (χ2v) is 35.2. The first-order valence-corrected chi connectivity index (χ1v) is 47.4. The van der Waals surface area contributed by atoms with Gasteiger partial charge in [-0.3, -0.25) is 0 Å². The van der Waals surface area contributed by atoms with Gasteiger partial charge in [0.1, 0.15) is 54.9 Å². The highest BCUT2D eigenvalue weighted by Crippen LogP contribution is 2.37. The molecule has 0 fully saturated rings. The molecule has 836 valence electrons. The molecule has 16 aromatic rings. The predicted molar refractivity (Wildman–Crippen MR) is 654 cm³/mol. The lowest BCUT2D eigenvalue weighted by molar-refractivity contribution is -0.138. The van der Waals surface area contributed by atoms with Crippen LogP contribution in [0.3, 0.4) is 0 Å². The van der Waals surface area contributed by atoms with Gasteiger partial charge in [-0.2, -0.15) is 65.3 Å². The number of aliphatic hydroxyl groups excluding tert-OH is 2. The number of rotatable bonds is 28. The zero-order valence-corrected chi connectivity index (χ0v) is 78.0. The zero-order chi connectivity index (χ0) is 224. The van der Waals surface area contributed by atoms with Crippen LogP contribution in [0, 0.1) is 0 Å². The molecular weight excluding hydrogens is 1920 g/mol. The Kier molecular flexibility index (Phi) is 18.3. The molecule has 36 heteroatoms. The van der Waals surface area contributed by atoms with Crippen LogP contribution in [0.25, 0.3) is 44.5 Å². The standard InChI is InChI=1S/C25H22F3N3O3S.C25H22F3N3OS.C24H20F3N3S.C17H13ClF3N3.C7H8S.CH2Cl2.ClH.66H2/c26-25(27,28)22-12-10-21(11-13-22)20-8-6-18(7-9-20)14-31-23(15-32)29-30-24(31)17-35(33,34)16-19-4-2-1-3-5-19;26-25(27,28)22-12-10-21(11-13-22)20-8-6-18(7-9-20)14-31-23(15-32)29-30-24(31)17-33-16-19-4-2-1-3-5-19;25-24(26,27)22-12-10-21(11-13-22)20-8-6-18(7-9-20)14-30-17-28-29-23(30)16-31-15-19-4-2-1-3-5-19;18-9-16-23-22-11-24(16)10-12-1-3-13(4-2-12)14-5-7-15(8-6-14)17(19,20)21;8-6-7-4-2-1-3-5-7;2-1-3;;;;;;;;;;;;;;;;;;;;;;;;;;;;;;;;;;;;;;;;;;;;;;;;;;;;;;;;;;;;;;;;;;;/h1-13,32H,14-17H2;1-13,32H,14-17H2;1-13,17H,14-16H2;1-8,11H,9-10H2;1-5,8H,6H2;1H2;67*1H/i;;;;;;;64*1+1D;2*1+1. The van der Waals surface area contributed by atoms with E-state index in [2.05, 4.69) is 89.8 Å². The van der Waals surface area contributed by atoms with E-state index in [1.165, 1.54) is 65.2 Å². The van der Waals surface area contributed by atoms with Crippen molar-refractivity contribution in [1.29, 1.82) is 0 Å². The van der Waals surface area contributed by atoms with E-state index in [4.69, 9.17) is 225 Å². The first-order chi connectivity index (χ1) is 128. The summed E-state index contributed by atoms with van der Waals surface area (Å²) in [6.45, 7) is 1.34. The second kappa shape index (κ2) is 51.4. The van der Waals surface area contributed by atoms with E-state index in [1.807, 2.05) is 147 Å². The van der Waals surface area contributed by atoms with Gasteiger partial charge in [0, 0.05) is 210 Å². The first kappa shape index (κ1) is 48.0. The van der Waals surface area contributed by atoms with Crippen molar-refractivity contribution in [3.05, 3.63) is 430 Å². The average molecular weight is 2270 g/mol. The van der Waals surface area contributed by atoms with Crippen molar-refractivity contribution >= 4 is 93.2 Å². The van der Waals surface area contributed by atoms with Crippen LogP contribution in [0.5, 0.6) is 0 Å². The maximum absolute atomic E-state index is 12.8. The highest BCUT2D eigenvalue weighted by molar-refractivity contribution is 7.98. The number of sulfone groups is 1. The summed E-state index contributed by atoms with van der Waals surface area (Å²) in [4.78, 5) is 0. The Bertz CT molecular complexity index is 6610. The predicted octanol–water partition coefficient (Wildman–Crippen LogP) is 41.9. The monoisotopic (exact) mass is 2270 g/mol. The Labute approximate surface area is 1010 Å². The van der Waals surface area contributed by atoms with Crippen molar-refractivity contribution < 1.29 is 264 Å². The van der Waals surface area contributed by atoms with Crippen molar-refractivity contribution in [2.24, 2.45) is 0 Å². The fraction of sp³-hybridized carbons (Fsp3) is 0.192. The molecule has 2 N–H and O–H groups in total. The number of nitrogens with zero attached hydrogens (tertiary/aromatic N) is 12. The lowest BCUT2D eigenvalue weighted by atomic mass is 10.0. The van der Waals surface area contributed by atoms with Crippen LogP contribution in [0.2, 0.25) is 0 Å². The molecule has 0 aliphatic heterocycles. The Morgan fingerprint density at radius 1 is 0.311 bits per heavy atom. The first-order valence-electron chi connectivity index (χ1n) is 105. The number of benzene rings is 12. The normalized spacial score (nSPS) is 15.2. The molecule has 4 heterocycles. The molecule has 0 aliphatic carbocycles. The summed E-state index contributed by atoms with van der Waals surface area (Å²) < 4.78 is 826. The molecule has 0 radical (unpaired) electrons. The van der Waals surface area contributed by atoms with Crippen molar-refractivity contribution in [1.82, 2.24) is 59.1 Å². The number of thioether (sulfide) groups is 2. The molecule has 0 saturated heterocycles. The average Bonchev–Trinajstić information content (AvgIpc) is 1.66. The van der Waals surface area contributed by atoms with Crippen LogP contribution in [0.1, 0.15) is 295 Å². The number of alkyl halides is 15. The number of halogens is 16. The molecule has 0 spiro atoms. The molecular formula is C99H220Cl4F12N12O4S4. The Balaban J connectivity index is -0.0000000324. The number of aliphatic hydroxyl groups is 2. The van der Waals surface area contributed by atoms with Crippen molar-refractivity contribution in [3.63, 3.8) is 0 Å². The molecule has 12 aromatic carbocycles. The summed E-state index contributed by atoms with van der Waals surface area (Å²) in [6.07, 6.45) is -14.0. The van der Waals surface area contributed by atoms with E-state index in [-0.39, 0.29) is 62.8 Å². The summed E-state index contributed by atoms with van der Waals surface area (Å²) >= 11 is 22.9. The third-order valence-electron chi connectivity index (χ3n) is 20.3. The van der Waals surface area contributed by atoms with Gasteiger partial charge in [-0.1, -0.05) is 267 Å². The van der Waals surface area contributed by atoms with Crippen LogP contribution in [0.15, 0.2) is 328 Å². The maximum atomic E-state index is 12.8. The van der Waals surface area contributed by atoms with Gasteiger partial charge in [0.2, 0.25) is 0 Å². The van der Waals surface area contributed by atoms with Gasteiger partial charge in [-0.25, -0.2) is 8.42 Å². The smallest absolute Gasteiger partial charge is 0.388 e. The summed E-state index contributed by atoms with van der Waals surface area (Å²) in [5, 5.41) is 51.8. The highest BCUT2D eigenvalue weighted by atomic mass is 35.5. The Hall–Kier alpha value is -11.6. The molecule has 0 unspecified atom stereocenters. The lowest BCUT2D eigenvalue weighted by Gasteiger charge is -2.11. The van der Waals surface area contributed by atoms with Crippen LogP contribution in [-0.2, 0) is 120 Å². The molecule has 0 atom stereocenters. The lowest BCUT2D eigenvalue weighted by Crippen LogP contribution is -2.15. The van der Waals surface area contributed by atoms with Crippen molar-refractivity contribution in [2.45, 2.75) is 110 Å². The van der Waals surface area contributed by atoms with Gasteiger partial charge in [0.15, 0.2) is 21.5 Å². The number of thiol groups is 1. The van der Waals surface area contributed by atoms with Gasteiger partial charge in [0.05, 0.1) is 76.9 Å². The molecule has 0 aliphatic rings. The molecule has 135 heavy (non-hydrogen) atoms. The molecule has 16 rings (SSSR count). The maximum Gasteiger partial charge on any atom is 0.416 e. The molecule has 16 nitrogen and oxygen atoms in total. The highest BCUT2D eigenvalue weighted by Gasteiger charge is 2.33. The quantitative estimate of drug-likeness (QED) is 0.0238. The minimum Gasteiger partial charge on any atom is -0.388 e. The van der Waals surface area contributed by atoms with Gasteiger partial charge >= 0.3 is 24.7 Å². The Morgan fingerprint density at radius 3 is 0.867 bits per heavy atom. The van der Waals surface area contributed by atoms with Gasteiger partial charge in [-0.15, -0.1) is 112 Å². The summed E-state index contributed by atoms with van der Waals surface area (Å²) in [5.41, 5.74) is 11.8. The molecule has 0 amide bonds. The van der Waals surface area contributed by atoms with E-state index in [1.54, 1.807) is 89.3 Å². The van der Waals surface area contributed by atoms with Crippen molar-refractivity contribution in [2.75, 3.05) is 5.34 Å². The topological polar surface area (TPSA) is 197 Å². The van der Waals surface area contributed by atoms with E-state index < -0.39 is 63.4 Å². The summed E-state index contributed by atoms with van der Waals surface area (Å²) in [7, 11) is -3.54. The summed E-state index contributed by atoms with van der Waals surface area (Å²) in [5.74, 6) is 7.16. The largest absolute Gasteiger partial charge is 0.416 e. The minimum absolute atomic E-state index is 0. The number of hydrogen-bond donors (Lipinski definition) is 3. The van der Waals surface area contributed by atoms with E-state index in [0.717, 1.165) is 139 Å². The molecule has 0 bridgehead atoms. The zero-order valence-electron chi connectivity index (χ0n) is 200. The minimum atomic E-state index is -4.39. The van der Waals surface area contributed by atoms with Crippen LogP contribution in [-0.4, -0.2) is 83.0 Å². The Morgan fingerprint density at radius 2 is 0.570 bits per heavy atom. The van der Waals surface area contributed by atoms with Crippen molar-refractivity contribution in [3.8, 4) is 44.5 Å². The number of aromatic nitrogens is 12. The van der Waals surface area contributed by atoms with Gasteiger partial charge in [0.25, 0.3) is 0 Å². The van der Waals surface area contributed by atoms with Crippen LogP contribution < -0.4 is 0 Å². The van der Waals surface area contributed by atoms with Crippen LogP contribution in [0.4, 0.5) is 52.7 Å². The molecule has 4 aromatic heterocycles. The van der Waals surface area contributed by atoms with E-state index in [9.17, 15) is 71.3 Å². The fourth-order valence-corrected chi connectivity index (χ4v) is 17.0. The number of hydrogen-bond acceptors (Lipinski definition) is 15. The van der Waals surface area contributed by atoms with Crippen LogP contribution >= 0.6 is 83.4 Å². The molecule has 0 saturated carbocycles. The van der Waals surface area contributed by atoms with E-state index >= 15 is 0 Å².